The van der Waals surface area contributed by atoms with Crippen LogP contribution < -0.4 is 4.90 Å². The second-order valence-corrected chi connectivity index (χ2v) is 6.15. The van der Waals surface area contributed by atoms with Gasteiger partial charge in [0.15, 0.2) is 0 Å². The molecule has 2 rings (SSSR count). The lowest BCUT2D eigenvalue weighted by Gasteiger charge is -2.23. The number of anilines is 1. The van der Waals surface area contributed by atoms with Crippen LogP contribution in [0.2, 0.25) is 10.0 Å². The average molecular weight is 433 g/mol. The predicted molar refractivity (Wildman–Crippen MR) is 96.0 cm³/mol. The Bertz CT molecular complexity index is 763. The lowest BCUT2D eigenvalue weighted by molar-refractivity contribution is -0.139. The molecule has 0 saturated carbocycles. The van der Waals surface area contributed by atoms with Crippen LogP contribution in [-0.4, -0.2) is 26.2 Å². The number of methoxy groups -OCH3 is 2. The third kappa shape index (κ3) is 3.66. The molecule has 0 atom stereocenters. The molecule has 0 aromatic heterocycles. The van der Waals surface area contributed by atoms with Gasteiger partial charge < -0.3 is 14.4 Å². The van der Waals surface area contributed by atoms with E-state index < -0.39 is 11.9 Å². The van der Waals surface area contributed by atoms with Crippen molar-refractivity contribution in [2.45, 2.75) is 0 Å². The monoisotopic (exact) mass is 431 g/mol. The molecule has 1 aromatic carbocycles. The zero-order chi connectivity index (χ0) is 17.9. The molecule has 126 valence electrons. The van der Waals surface area contributed by atoms with Gasteiger partial charge in [-0.15, -0.1) is 0 Å². The molecule has 0 N–H and O–H groups in total. The van der Waals surface area contributed by atoms with Crippen LogP contribution in [0.1, 0.15) is 0 Å². The second kappa shape index (κ2) is 7.88. The molecule has 0 unspecified atom stereocenters. The lowest BCUT2D eigenvalue weighted by atomic mass is 10.1. The largest absolute Gasteiger partial charge is 0.465 e. The number of hydrogen-bond acceptors (Lipinski definition) is 5. The summed E-state index contributed by atoms with van der Waals surface area (Å²) >= 11 is 15.6. The minimum Gasteiger partial charge on any atom is -0.465 e. The first-order valence-electron chi connectivity index (χ1n) is 6.60. The van der Waals surface area contributed by atoms with Crippen LogP contribution in [0.4, 0.5) is 5.69 Å². The molecule has 0 saturated heterocycles. The minimum absolute atomic E-state index is 0.0104. The number of hydrogen-bond donors (Lipinski definition) is 0. The maximum absolute atomic E-state index is 12.3. The van der Waals surface area contributed by atoms with E-state index >= 15 is 0 Å². The van der Waals surface area contributed by atoms with E-state index in [0.29, 0.717) is 20.2 Å². The van der Waals surface area contributed by atoms with E-state index in [1.807, 2.05) is 0 Å². The minimum atomic E-state index is -0.707. The average Bonchev–Trinajstić information content (AvgIpc) is 2.80. The summed E-state index contributed by atoms with van der Waals surface area (Å²) in [6.45, 7) is 0. The third-order valence-corrected chi connectivity index (χ3v) is 5.04. The van der Waals surface area contributed by atoms with Crippen molar-refractivity contribution in [2.75, 3.05) is 19.1 Å². The zero-order valence-corrected chi connectivity index (χ0v) is 15.8. The van der Waals surface area contributed by atoms with E-state index in [2.05, 4.69) is 15.9 Å². The van der Waals surface area contributed by atoms with Crippen LogP contribution in [-0.2, 0) is 19.1 Å². The van der Waals surface area contributed by atoms with Gasteiger partial charge in [-0.05, 0) is 40.2 Å². The van der Waals surface area contributed by atoms with Gasteiger partial charge in [0, 0.05) is 11.9 Å². The summed E-state index contributed by atoms with van der Waals surface area (Å²) in [6, 6.07) is 3.20. The van der Waals surface area contributed by atoms with Crippen molar-refractivity contribution in [2.24, 2.45) is 0 Å². The smallest absolute Gasteiger partial charge is 0.355 e. The molecule has 1 aliphatic rings. The number of rotatable bonds is 3. The number of esters is 2. The van der Waals surface area contributed by atoms with Gasteiger partial charge in [0.2, 0.25) is 0 Å². The van der Waals surface area contributed by atoms with E-state index in [0.717, 1.165) is 0 Å². The first kappa shape index (κ1) is 18.6. The second-order valence-electron chi connectivity index (χ2n) is 4.54. The number of halogens is 3. The number of allylic oxidation sites excluding steroid dienone is 2. The van der Waals surface area contributed by atoms with Crippen molar-refractivity contribution in [1.82, 2.24) is 0 Å². The van der Waals surface area contributed by atoms with Gasteiger partial charge >= 0.3 is 11.9 Å². The molecule has 0 radical (unpaired) electrons. The van der Waals surface area contributed by atoms with Gasteiger partial charge in [-0.2, -0.15) is 0 Å². The molecule has 0 aliphatic carbocycles. The lowest BCUT2D eigenvalue weighted by Crippen LogP contribution is -2.27. The fourth-order valence-electron chi connectivity index (χ4n) is 2.05. The van der Waals surface area contributed by atoms with Crippen LogP contribution >= 0.6 is 39.1 Å². The molecule has 0 fully saturated rings. The van der Waals surface area contributed by atoms with Crippen LogP contribution in [0, 0.1) is 0 Å². The summed E-state index contributed by atoms with van der Waals surface area (Å²) in [5.74, 6) is -1.38. The number of carbonyl (C=O) groups excluding carboxylic acids is 2. The Morgan fingerprint density at radius 1 is 1.04 bits per heavy atom. The summed E-state index contributed by atoms with van der Waals surface area (Å²) in [5, 5.41) is 0.707. The van der Waals surface area contributed by atoms with Gasteiger partial charge in [-0.25, -0.2) is 9.59 Å². The van der Waals surface area contributed by atoms with Crippen LogP contribution in [0.15, 0.2) is 52.3 Å². The summed E-state index contributed by atoms with van der Waals surface area (Å²) in [5.41, 5.74) is 0.517. The van der Waals surface area contributed by atoms with Crippen molar-refractivity contribution in [3.8, 4) is 0 Å². The van der Waals surface area contributed by atoms with Gasteiger partial charge in [-0.3, -0.25) is 0 Å². The van der Waals surface area contributed by atoms with Crippen LogP contribution in [0.5, 0.6) is 0 Å². The molecule has 1 aliphatic heterocycles. The maximum Gasteiger partial charge on any atom is 0.355 e. The Balaban J connectivity index is 2.70. The van der Waals surface area contributed by atoms with Crippen LogP contribution in [0.3, 0.4) is 0 Å². The number of ether oxygens (including phenoxy) is 2. The Kier molecular flexibility index (Phi) is 6.10. The SMILES string of the molecule is COC(=O)C1=C(C(=O)OC)N(c2cc(Cl)c(Br)c(Cl)c2)C=CC=C1. The molecular formula is C16H12BrCl2NO4. The molecule has 24 heavy (non-hydrogen) atoms. The van der Waals surface area contributed by atoms with Gasteiger partial charge in [0.1, 0.15) is 5.70 Å². The summed E-state index contributed by atoms with van der Waals surface area (Å²) in [6.07, 6.45) is 6.32. The van der Waals surface area contributed by atoms with E-state index in [1.165, 1.54) is 25.2 Å². The summed E-state index contributed by atoms with van der Waals surface area (Å²) in [7, 11) is 2.45. The highest BCUT2D eigenvalue weighted by molar-refractivity contribution is 9.10. The molecule has 8 heteroatoms. The van der Waals surface area contributed by atoms with E-state index in [1.54, 1.807) is 30.5 Å². The van der Waals surface area contributed by atoms with Crippen molar-refractivity contribution in [1.29, 1.82) is 0 Å². The third-order valence-electron chi connectivity index (χ3n) is 3.14. The fraction of sp³-hybridized carbons (Fsp3) is 0.125. The van der Waals surface area contributed by atoms with E-state index in [9.17, 15) is 9.59 Å². The number of carbonyl (C=O) groups is 2. The number of nitrogens with zero attached hydrogens (tertiary/aromatic N) is 1. The molecule has 0 bridgehead atoms. The Morgan fingerprint density at radius 2 is 1.62 bits per heavy atom. The highest BCUT2D eigenvalue weighted by atomic mass is 79.9. The maximum atomic E-state index is 12.3. The van der Waals surface area contributed by atoms with Gasteiger partial charge in [-0.1, -0.05) is 29.3 Å². The van der Waals surface area contributed by atoms with Crippen molar-refractivity contribution < 1.29 is 19.1 Å². The topological polar surface area (TPSA) is 55.8 Å². The first-order valence-corrected chi connectivity index (χ1v) is 8.15. The Hall–Kier alpha value is -1.76. The normalized spacial score (nSPS) is 13.8. The summed E-state index contributed by atoms with van der Waals surface area (Å²) in [4.78, 5) is 25.8. The molecule has 5 nitrogen and oxygen atoms in total. The molecule has 1 aromatic rings. The highest BCUT2D eigenvalue weighted by Crippen LogP contribution is 2.37. The van der Waals surface area contributed by atoms with Gasteiger partial charge in [0.25, 0.3) is 0 Å². The van der Waals surface area contributed by atoms with E-state index in [4.69, 9.17) is 32.7 Å². The molecule has 0 amide bonds. The zero-order valence-electron chi connectivity index (χ0n) is 12.7. The molecule has 0 spiro atoms. The van der Waals surface area contributed by atoms with Crippen molar-refractivity contribution in [3.05, 3.63) is 62.3 Å². The van der Waals surface area contributed by atoms with Crippen LogP contribution in [0.25, 0.3) is 0 Å². The Morgan fingerprint density at radius 3 is 2.17 bits per heavy atom. The predicted octanol–water partition coefficient (Wildman–Crippen LogP) is 4.25. The molecular weight excluding hydrogens is 421 g/mol. The van der Waals surface area contributed by atoms with Gasteiger partial charge in [0.05, 0.1) is 34.3 Å². The highest BCUT2D eigenvalue weighted by Gasteiger charge is 2.28. The van der Waals surface area contributed by atoms with E-state index in [-0.39, 0.29) is 11.3 Å². The quantitative estimate of drug-likeness (QED) is 0.528. The molecule has 1 heterocycles. The standard InChI is InChI=1S/C16H12BrCl2NO4/c1-23-15(21)10-5-3-4-6-20(14(10)16(22)24-2)9-7-11(18)13(17)12(19)8-9/h3-8H,1-2H3. The summed E-state index contributed by atoms with van der Waals surface area (Å²) < 4.78 is 10.1. The van der Waals surface area contributed by atoms with Crippen molar-refractivity contribution >= 4 is 56.8 Å². The fourth-order valence-corrected chi connectivity index (χ4v) is 2.75. The number of benzene rings is 1. The Labute approximate surface area is 157 Å². The first-order chi connectivity index (χ1) is 11.4. The van der Waals surface area contributed by atoms with Crippen molar-refractivity contribution in [3.63, 3.8) is 0 Å².